The van der Waals surface area contributed by atoms with E-state index in [0.717, 1.165) is 22.5 Å². The number of nitrogens with zero attached hydrogens (tertiary/aromatic N) is 4. The number of ether oxygens (including phenoxy) is 1. The third kappa shape index (κ3) is 7.65. The average molecular weight is 530 g/mol. The Kier molecular flexibility index (Phi) is 8.50. The van der Waals surface area contributed by atoms with Gasteiger partial charge in [0.2, 0.25) is 0 Å². The van der Waals surface area contributed by atoms with Crippen molar-refractivity contribution in [2.24, 2.45) is 5.10 Å². The molecular formula is C22H20BrN5O4S. The summed E-state index contributed by atoms with van der Waals surface area (Å²) in [6, 6.07) is 13.4. The number of halogens is 1. The normalized spacial score (nSPS) is 10.9. The van der Waals surface area contributed by atoms with Crippen LogP contribution in [0.1, 0.15) is 22.5 Å². The number of nitro groups is 1. The highest BCUT2D eigenvalue weighted by molar-refractivity contribution is 9.10. The molecule has 0 aliphatic rings. The number of carbonyl (C=O) groups excluding carboxylic acids is 1. The Hall–Kier alpha value is -3.31. The number of hydrogen-bond acceptors (Lipinski definition) is 8. The van der Waals surface area contributed by atoms with Gasteiger partial charge in [-0.05, 0) is 77.3 Å². The van der Waals surface area contributed by atoms with Crippen LogP contribution in [0.2, 0.25) is 0 Å². The van der Waals surface area contributed by atoms with Crippen molar-refractivity contribution in [1.82, 2.24) is 15.4 Å². The summed E-state index contributed by atoms with van der Waals surface area (Å²) in [6.45, 7) is 4.03. The molecule has 3 aromatic rings. The first-order valence-corrected chi connectivity index (χ1v) is 11.5. The van der Waals surface area contributed by atoms with Gasteiger partial charge in [-0.1, -0.05) is 11.8 Å². The van der Waals surface area contributed by atoms with E-state index in [1.165, 1.54) is 30.1 Å². The molecule has 0 unspecified atom stereocenters. The second-order valence-electron chi connectivity index (χ2n) is 6.92. The number of carbonyl (C=O) groups is 1. The molecule has 0 atom stereocenters. The zero-order valence-electron chi connectivity index (χ0n) is 17.8. The predicted octanol–water partition coefficient (Wildman–Crippen LogP) is 4.59. The lowest BCUT2D eigenvalue weighted by molar-refractivity contribution is -0.384. The number of aromatic nitrogens is 2. The SMILES string of the molecule is Cc1cc(C)nc(SCC(=O)N/N=C\c2ccc(OCc3ccc([N+](=O)[O-])cc3)c(Br)c2)n1. The molecule has 33 heavy (non-hydrogen) atoms. The van der Waals surface area contributed by atoms with Crippen molar-refractivity contribution in [2.45, 2.75) is 25.6 Å². The number of thioether (sulfide) groups is 1. The maximum absolute atomic E-state index is 12.0. The lowest BCUT2D eigenvalue weighted by atomic mass is 10.2. The van der Waals surface area contributed by atoms with Gasteiger partial charge in [0.15, 0.2) is 5.16 Å². The first kappa shape index (κ1) is 24.3. The van der Waals surface area contributed by atoms with E-state index in [4.69, 9.17) is 4.74 Å². The van der Waals surface area contributed by atoms with Crippen LogP contribution in [0, 0.1) is 24.0 Å². The van der Waals surface area contributed by atoms with E-state index in [-0.39, 0.29) is 24.0 Å². The summed E-state index contributed by atoms with van der Waals surface area (Å²) in [5.74, 6) is 0.500. The van der Waals surface area contributed by atoms with Gasteiger partial charge in [-0.25, -0.2) is 15.4 Å². The molecule has 1 aromatic heterocycles. The maximum atomic E-state index is 12.0. The summed E-state index contributed by atoms with van der Waals surface area (Å²) < 4.78 is 6.48. The van der Waals surface area contributed by atoms with Crippen molar-refractivity contribution < 1.29 is 14.5 Å². The molecule has 0 saturated heterocycles. The Bertz CT molecular complexity index is 1170. The van der Waals surface area contributed by atoms with Crippen LogP contribution >= 0.6 is 27.7 Å². The summed E-state index contributed by atoms with van der Waals surface area (Å²) >= 11 is 4.70. The molecule has 0 radical (unpaired) electrons. The zero-order valence-corrected chi connectivity index (χ0v) is 20.2. The summed E-state index contributed by atoms with van der Waals surface area (Å²) in [7, 11) is 0. The van der Waals surface area contributed by atoms with Gasteiger partial charge in [-0.3, -0.25) is 14.9 Å². The van der Waals surface area contributed by atoms with Crippen molar-refractivity contribution in [3.63, 3.8) is 0 Å². The van der Waals surface area contributed by atoms with Gasteiger partial charge in [-0.15, -0.1) is 0 Å². The number of nitro benzene ring substituents is 1. The zero-order chi connectivity index (χ0) is 23.8. The fourth-order valence-electron chi connectivity index (χ4n) is 2.69. The van der Waals surface area contributed by atoms with E-state index in [2.05, 4.69) is 36.4 Å². The van der Waals surface area contributed by atoms with Gasteiger partial charge < -0.3 is 4.74 Å². The van der Waals surface area contributed by atoms with Crippen LogP contribution in [-0.4, -0.2) is 32.8 Å². The van der Waals surface area contributed by atoms with Crippen LogP contribution in [0.25, 0.3) is 0 Å². The molecule has 9 nitrogen and oxygen atoms in total. The van der Waals surface area contributed by atoms with Crippen LogP contribution < -0.4 is 10.2 Å². The Morgan fingerprint density at radius 2 is 1.88 bits per heavy atom. The fourth-order valence-corrected chi connectivity index (χ4v) is 3.94. The molecule has 170 valence electrons. The van der Waals surface area contributed by atoms with Crippen LogP contribution in [0.3, 0.4) is 0 Å². The molecule has 11 heteroatoms. The molecule has 0 saturated carbocycles. The minimum Gasteiger partial charge on any atom is -0.488 e. The van der Waals surface area contributed by atoms with E-state index >= 15 is 0 Å². The van der Waals surface area contributed by atoms with Crippen molar-refractivity contribution >= 4 is 45.5 Å². The van der Waals surface area contributed by atoms with Gasteiger partial charge in [-0.2, -0.15) is 5.10 Å². The van der Waals surface area contributed by atoms with Crippen LogP contribution in [-0.2, 0) is 11.4 Å². The van der Waals surface area contributed by atoms with Crippen LogP contribution in [0.5, 0.6) is 5.75 Å². The molecule has 1 heterocycles. The lowest BCUT2D eigenvalue weighted by Crippen LogP contribution is -2.19. The number of non-ortho nitro benzene ring substituents is 1. The van der Waals surface area contributed by atoms with E-state index in [0.29, 0.717) is 15.4 Å². The third-order valence-electron chi connectivity index (χ3n) is 4.19. The first-order chi connectivity index (χ1) is 15.8. The second kappa shape index (κ2) is 11.5. The average Bonchev–Trinajstić information content (AvgIpc) is 2.77. The molecule has 3 rings (SSSR count). The van der Waals surface area contributed by atoms with Crippen LogP contribution in [0.15, 0.2) is 63.3 Å². The van der Waals surface area contributed by atoms with Crippen molar-refractivity contribution in [3.05, 3.63) is 85.6 Å². The van der Waals surface area contributed by atoms with Crippen molar-refractivity contribution in [2.75, 3.05) is 5.75 Å². The maximum Gasteiger partial charge on any atom is 0.269 e. The highest BCUT2D eigenvalue weighted by Crippen LogP contribution is 2.26. The number of hydrazone groups is 1. The van der Waals surface area contributed by atoms with E-state index < -0.39 is 4.92 Å². The lowest BCUT2D eigenvalue weighted by Gasteiger charge is -2.09. The summed E-state index contributed by atoms with van der Waals surface area (Å²) in [6.07, 6.45) is 1.53. The number of benzene rings is 2. The third-order valence-corrected chi connectivity index (χ3v) is 5.66. The Morgan fingerprint density at radius 1 is 1.18 bits per heavy atom. The predicted molar refractivity (Wildman–Crippen MR) is 130 cm³/mol. The van der Waals surface area contributed by atoms with Crippen molar-refractivity contribution in [3.8, 4) is 5.75 Å². The van der Waals surface area contributed by atoms with Gasteiger partial charge in [0.1, 0.15) is 12.4 Å². The minimum absolute atomic E-state index is 0.0350. The van der Waals surface area contributed by atoms with Crippen molar-refractivity contribution in [1.29, 1.82) is 0 Å². The Morgan fingerprint density at radius 3 is 2.52 bits per heavy atom. The highest BCUT2D eigenvalue weighted by atomic mass is 79.9. The molecule has 1 N–H and O–H groups in total. The monoisotopic (exact) mass is 529 g/mol. The molecule has 0 aliphatic carbocycles. The summed E-state index contributed by atoms with van der Waals surface area (Å²) in [5, 5.41) is 15.3. The molecule has 0 spiro atoms. The quantitative estimate of drug-likeness (QED) is 0.141. The number of amides is 1. The number of rotatable bonds is 9. The molecule has 1 amide bonds. The van der Waals surface area contributed by atoms with E-state index in [1.807, 2.05) is 19.9 Å². The first-order valence-electron chi connectivity index (χ1n) is 9.73. The minimum atomic E-state index is -0.442. The standard InChI is InChI=1S/C22H20BrN5O4S/c1-14-9-15(2)26-22(25-14)33-13-21(29)27-24-11-17-5-8-20(19(23)10-17)32-12-16-3-6-18(7-4-16)28(30)31/h3-11H,12-13H2,1-2H3,(H,27,29)/b24-11-. The topological polar surface area (TPSA) is 120 Å². The highest BCUT2D eigenvalue weighted by Gasteiger charge is 2.07. The van der Waals surface area contributed by atoms with E-state index in [9.17, 15) is 14.9 Å². The second-order valence-corrected chi connectivity index (χ2v) is 8.71. The van der Waals surface area contributed by atoms with E-state index in [1.54, 1.807) is 30.3 Å². The van der Waals surface area contributed by atoms with Crippen LogP contribution in [0.4, 0.5) is 5.69 Å². The summed E-state index contributed by atoms with van der Waals surface area (Å²) in [5.41, 5.74) is 5.80. The van der Waals surface area contributed by atoms with Gasteiger partial charge in [0.25, 0.3) is 11.6 Å². The fraction of sp³-hybridized carbons (Fsp3) is 0.182. The smallest absolute Gasteiger partial charge is 0.269 e. The Labute approximate surface area is 203 Å². The summed E-state index contributed by atoms with van der Waals surface area (Å²) in [4.78, 5) is 30.9. The molecular weight excluding hydrogens is 510 g/mol. The largest absolute Gasteiger partial charge is 0.488 e. The molecule has 2 aromatic carbocycles. The Balaban J connectivity index is 1.48. The molecule has 0 fully saturated rings. The van der Waals surface area contributed by atoms with Gasteiger partial charge >= 0.3 is 0 Å². The number of aryl methyl sites for hydroxylation is 2. The van der Waals surface area contributed by atoms with Gasteiger partial charge in [0, 0.05) is 23.5 Å². The number of nitrogens with one attached hydrogen (secondary N) is 1. The molecule has 0 aliphatic heterocycles. The number of hydrogen-bond donors (Lipinski definition) is 1. The molecule has 0 bridgehead atoms. The van der Waals surface area contributed by atoms with Gasteiger partial charge in [0.05, 0.1) is 21.4 Å².